The lowest BCUT2D eigenvalue weighted by molar-refractivity contribution is 0.114. The molecule has 13 heavy (non-hydrogen) atoms. The van der Waals surface area contributed by atoms with E-state index in [2.05, 4.69) is 34.3 Å². The topological polar surface area (TPSA) is 9.23 Å². The van der Waals surface area contributed by atoms with Crippen LogP contribution < -0.4 is 0 Å². The van der Waals surface area contributed by atoms with E-state index in [4.69, 9.17) is 16.0 Å². The molecule has 1 nitrogen and oxygen atoms in total. The molecule has 0 amide bonds. The summed E-state index contributed by atoms with van der Waals surface area (Å²) in [6, 6.07) is 0. The van der Waals surface area contributed by atoms with E-state index in [0.717, 1.165) is 10.5 Å². The summed E-state index contributed by atoms with van der Waals surface area (Å²) in [7, 11) is 0.719. The zero-order chi connectivity index (χ0) is 10.6. The van der Waals surface area contributed by atoms with Gasteiger partial charge in [0.25, 0.3) is 0 Å². The van der Waals surface area contributed by atoms with Crippen LogP contribution in [0.1, 0.15) is 27.7 Å². The van der Waals surface area contributed by atoms with Crippen LogP contribution in [0.4, 0.5) is 0 Å². The van der Waals surface area contributed by atoms with E-state index < -0.39 is 4.87 Å². The molecule has 0 aromatic heterocycles. The number of rotatable bonds is 5. The Bertz CT molecular complexity index is 170. The zero-order valence-electron chi connectivity index (χ0n) is 9.30. The first-order valence-corrected chi connectivity index (χ1v) is 5.94. The molecule has 0 radical (unpaired) electrons. The van der Waals surface area contributed by atoms with Crippen LogP contribution in [-0.4, -0.2) is 21.5 Å². The Labute approximate surface area is 90.0 Å². The van der Waals surface area contributed by atoms with E-state index in [1.54, 1.807) is 0 Å². The van der Waals surface area contributed by atoms with Gasteiger partial charge in [0.05, 0.1) is 11.0 Å². The van der Waals surface area contributed by atoms with Crippen molar-refractivity contribution < 1.29 is 4.43 Å². The highest BCUT2D eigenvalue weighted by atomic mass is 35.5. The molecule has 0 aliphatic heterocycles. The minimum absolute atomic E-state index is 0.0818. The molecule has 2 atom stereocenters. The molecular formula is C10H21ClOSi. The van der Waals surface area contributed by atoms with Crippen molar-refractivity contribution in [1.82, 2.24) is 0 Å². The molecule has 0 spiro atoms. The van der Waals surface area contributed by atoms with Gasteiger partial charge in [0, 0.05) is 0 Å². The van der Waals surface area contributed by atoms with Crippen molar-refractivity contribution in [2.75, 3.05) is 0 Å². The van der Waals surface area contributed by atoms with E-state index in [1.807, 2.05) is 6.08 Å². The summed E-state index contributed by atoms with van der Waals surface area (Å²) < 4.78 is 5.56. The van der Waals surface area contributed by atoms with Crippen molar-refractivity contribution >= 4 is 22.1 Å². The highest BCUT2D eigenvalue weighted by molar-refractivity contribution is 6.26. The molecule has 0 N–H and O–H groups in total. The molecule has 2 unspecified atom stereocenters. The molecule has 78 valence electrons. The van der Waals surface area contributed by atoms with Gasteiger partial charge < -0.3 is 4.43 Å². The average Bonchev–Trinajstić information content (AvgIpc) is 2.04. The van der Waals surface area contributed by atoms with Gasteiger partial charge in [-0.15, -0.1) is 18.2 Å². The number of hydrogen-bond acceptors (Lipinski definition) is 1. The lowest BCUT2D eigenvalue weighted by Crippen LogP contribution is -2.44. The molecule has 0 bridgehead atoms. The fourth-order valence-electron chi connectivity index (χ4n) is 1.64. The molecule has 3 heteroatoms. The summed E-state index contributed by atoms with van der Waals surface area (Å²) in [5.74, 6) is 0.767. The van der Waals surface area contributed by atoms with Gasteiger partial charge in [0.1, 0.15) is 10.5 Å². The van der Waals surface area contributed by atoms with Gasteiger partial charge in [-0.05, 0) is 11.8 Å². The summed E-state index contributed by atoms with van der Waals surface area (Å²) in [5.41, 5.74) is 0. The normalized spacial score (nSPS) is 19.0. The first-order valence-electron chi connectivity index (χ1n) is 4.75. The molecule has 0 aromatic carbocycles. The molecular weight excluding hydrogens is 200 g/mol. The Morgan fingerprint density at radius 3 is 1.92 bits per heavy atom. The maximum absolute atomic E-state index is 6.50. The van der Waals surface area contributed by atoms with Crippen molar-refractivity contribution in [1.29, 1.82) is 0 Å². The van der Waals surface area contributed by atoms with Crippen LogP contribution in [0.3, 0.4) is 0 Å². The van der Waals surface area contributed by atoms with Gasteiger partial charge in [0.2, 0.25) is 0 Å². The Morgan fingerprint density at radius 1 is 1.38 bits per heavy atom. The quantitative estimate of drug-likeness (QED) is 0.392. The van der Waals surface area contributed by atoms with Crippen LogP contribution in [0.2, 0.25) is 0 Å². The Balaban J connectivity index is 4.80. The summed E-state index contributed by atoms with van der Waals surface area (Å²) >= 11 is 6.50. The fraction of sp³-hybridized carbons (Fsp3) is 0.800. The molecule has 0 heterocycles. The van der Waals surface area contributed by atoms with Gasteiger partial charge in [0.15, 0.2) is 0 Å². The van der Waals surface area contributed by atoms with Crippen molar-refractivity contribution in [2.45, 2.75) is 38.7 Å². The van der Waals surface area contributed by atoms with Crippen LogP contribution in [0, 0.1) is 11.8 Å². The molecule has 0 saturated heterocycles. The van der Waals surface area contributed by atoms with E-state index in [0.29, 0.717) is 11.8 Å². The largest absolute Gasteiger partial charge is 0.423 e. The maximum atomic E-state index is 6.50. The van der Waals surface area contributed by atoms with E-state index in [-0.39, 0.29) is 6.10 Å². The zero-order valence-corrected chi connectivity index (χ0v) is 12.1. The van der Waals surface area contributed by atoms with Gasteiger partial charge in [-0.25, -0.2) is 0 Å². The monoisotopic (exact) mass is 220 g/mol. The van der Waals surface area contributed by atoms with Crippen LogP contribution in [0.5, 0.6) is 0 Å². The molecule has 0 aromatic rings. The molecule has 0 aliphatic rings. The second-order valence-corrected chi connectivity index (χ2v) is 5.21. The predicted molar refractivity (Wildman–Crippen MR) is 63.3 cm³/mol. The minimum Gasteiger partial charge on any atom is -0.423 e. The standard InChI is InChI=1S/C10H21ClOSi/c1-6-10(11,8(4)5)9(12-13)7(2)3/h6-9H,1H2,2-5,13H3. The summed E-state index contributed by atoms with van der Waals surface area (Å²) in [5, 5.41) is 0. The average molecular weight is 221 g/mol. The highest BCUT2D eigenvalue weighted by Crippen LogP contribution is 2.35. The van der Waals surface area contributed by atoms with Gasteiger partial charge in [-0.1, -0.05) is 33.8 Å². The summed E-state index contributed by atoms with van der Waals surface area (Å²) in [6.45, 7) is 12.3. The molecule has 0 fully saturated rings. The summed E-state index contributed by atoms with van der Waals surface area (Å²) in [4.78, 5) is -0.421. The van der Waals surface area contributed by atoms with E-state index >= 15 is 0 Å². The SMILES string of the molecule is C=CC(Cl)(C(C)C)C(O[SiH3])C(C)C. The van der Waals surface area contributed by atoms with Gasteiger partial charge >= 0.3 is 0 Å². The van der Waals surface area contributed by atoms with Crippen molar-refractivity contribution in [3.8, 4) is 0 Å². The van der Waals surface area contributed by atoms with Crippen LogP contribution in [0.25, 0.3) is 0 Å². The molecule has 0 aliphatic carbocycles. The van der Waals surface area contributed by atoms with Crippen LogP contribution >= 0.6 is 11.6 Å². The first-order chi connectivity index (χ1) is 5.90. The second kappa shape index (κ2) is 5.18. The lowest BCUT2D eigenvalue weighted by Gasteiger charge is -2.38. The lowest BCUT2D eigenvalue weighted by atomic mass is 9.84. The van der Waals surface area contributed by atoms with Crippen molar-refractivity contribution in [2.24, 2.45) is 11.8 Å². The first kappa shape index (κ1) is 13.2. The Hall–Kier alpha value is 0.207. The fourth-order valence-corrected chi connectivity index (χ4v) is 3.07. The number of alkyl halides is 1. The van der Waals surface area contributed by atoms with E-state index in [1.165, 1.54) is 0 Å². The number of hydrogen-bond donors (Lipinski definition) is 0. The Morgan fingerprint density at radius 2 is 1.85 bits per heavy atom. The van der Waals surface area contributed by atoms with E-state index in [9.17, 15) is 0 Å². The van der Waals surface area contributed by atoms with Gasteiger partial charge in [-0.3, -0.25) is 0 Å². The van der Waals surface area contributed by atoms with Gasteiger partial charge in [-0.2, -0.15) is 0 Å². The highest BCUT2D eigenvalue weighted by Gasteiger charge is 2.38. The second-order valence-electron chi connectivity index (χ2n) is 4.09. The minimum atomic E-state index is -0.421. The predicted octanol–water partition coefficient (Wildman–Crippen LogP) is 2.13. The third-order valence-electron chi connectivity index (χ3n) is 2.49. The maximum Gasteiger partial charge on any atom is 0.146 e. The van der Waals surface area contributed by atoms with Crippen molar-refractivity contribution in [3.63, 3.8) is 0 Å². The summed E-state index contributed by atoms with van der Waals surface area (Å²) in [6.07, 6.45) is 1.90. The van der Waals surface area contributed by atoms with Crippen LogP contribution in [-0.2, 0) is 4.43 Å². The number of halogens is 1. The molecule has 0 rings (SSSR count). The molecule has 0 saturated carbocycles. The Kier molecular flexibility index (Phi) is 5.26. The van der Waals surface area contributed by atoms with Crippen molar-refractivity contribution in [3.05, 3.63) is 12.7 Å². The smallest absolute Gasteiger partial charge is 0.146 e. The third-order valence-corrected chi connectivity index (χ3v) is 3.81. The third kappa shape index (κ3) is 2.83. The van der Waals surface area contributed by atoms with Crippen LogP contribution in [0.15, 0.2) is 12.7 Å².